The van der Waals surface area contributed by atoms with Crippen molar-refractivity contribution in [1.29, 1.82) is 0 Å². The minimum atomic E-state index is -0.522. The van der Waals surface area contributed by atoms with Gasteiger partial charge in [-0.1, -0.05) is 13.8 Å². The predicted molar refractivity (Wildman–Crippen MR) is 58.7 cm³/mol. The molecule has 0 radical (unpaired) electrons. The van der Waals surface area contributed by atoms with E-state index in [-0.39, 0.29) is 19.1 Å². The Bertz CT molecular complexity index is 172. The Kier molecular flexibility index (Phi) is 8.27. The van der Waals surface area contributed by atoms with Crippen molar-refractivity contribution in [3.63, 3.8) is 0 Å². The van der Waals surface area contributed by atoms with Gasteiger partial charge in [-0.3, -0.25) is 4.79 Å². The van der Waals surface area contributed by atoms with E-state index in [1.165, 1.54) is 7.11 Å². The number of ether oxygens (including phenoxy) is 1. The second kappa shape index (κ2) is 8.64. The van der Waals surface area contributed by atoms with Crippen LogP contribution in [0.3, 0.4) is 0 Å². The number of aliphatic hydroxyl groups excluding tert-OH is 1. The Balaban J connectivity index is 3.64. The van der Waals surface area contributed by atoms with Crippen molar-refractivity contribution in [2.24, 2.45) is 0 Å². The number of nitrogens with one attached hydrogen (secondary N) is 1. The molecule has 90 valence electrons. The minimum absolute atomic E-state index is 0.0397. The summed E-state index contributed by atoms with van der Waals surface area (Å²) in [6.07, 6.45) is -0.522. The number of nitrogens with zero attached hydrogens (tertiary/aromatic N) is 1. The first-order chi connectivity index (χ1) is 7.13. The SMILES string of the molecule is CCN(CC)CC(O)CNC(=O)COC. The van der Waals surface area contributed by atoms with Gasteiger partial charge in [0.1, 0.15) is 6.61 Å². The van der Waals surface area contributed by atoms with Crippen LogP contribution in [0.1, 0.15) is 13.8 Å². The molecule has 0 heterocycles. The van der Waals surface area contributed by atoms with Gasteiger partial charge in [-0.2, -0.15) is 0 Å². The number of likely N-dealkylation sites (N-methyl/N-ethyl adjacent to an activating group) is 1. The molecule has 0 aromatic rings. The number of hydrogen-bond acceptors (Lipinski definition) is 4. The van der Waals surface area contributed by atoms with Crippen LogP contribution in [0.15, 0.2) is 0 Å². The second-order valence-electron chi connectivity index (χ2n) is 3.38. The van der Waals surface area contributed by atoms with E-state index in [9.17, 15) is 9.90 Å². The van der Waals surface area contributed by atoms with Gasteiger partial charge in [0, 0.05) is 20.2 Å². The van der Waals surface area contributed by atoms with Crippen molar-refractivity contribution < 1.29 is 14.6 Å². The molecule has 1 amide bonds. The van der Waals surface area contributed by atoms with Crippen LogP contribution in [0.2, 0.25) is 0 Å². The molecule has 0 rings (SSSR count). The van der Waals surface area contributed by atoms with Crippen molar-refractivity contribution in [3.05, 3.63) is 0 Å². The van der Waals surface area contributed by atoms with Crippen molar-refractivity contribution in [1.82, 2.24) is 10.2 Å². The number of rotatable bonds is 8. The second-order valence-corrected chi connectivity index (χ2v) is 3.38. The summed E-state index contributed by atoms with van der Waals surface area (Å²) in [5.41, 5.74) is 0. The molecule has 0 bridgehead atoms. The Morgan fingerprint density at radius 3 is 2.53 bits per heavy atom. The first-order valence-electron chi connectivity index (χ1n) is 5.30. The number of methoxy groups -OCH3 is 1. The Hall–Kier alpha value is -0.650. The summed E-state index contributed by atoms with van der Waals surface area (Å²) in [6.45, 7) is 6.79. The Morgan fingerprint density at radius 1 is 1.47 bits per heavy atom. The normalized spacial score (nSPS) is 12.9. The van der Waals surface area contributed by atoms with Crippen LogP contribution in [0.4, 0.5) is 0 Å². The molecular weight excluding hydrogens is 196 g/mol. The third kappa shape index (κ3) is 7.30. The smallest absolute Gasteiger partial charge is 0.246 e. The quantitative estimate of drug-likeness (QED) is 0.574. The average molecular weight is 218 g/mol. The minimum Gasteiger partial charge on any atom is -0.390 e. The average Bonchev–Trinajstić information content (AvgIpc) is 2.23. The molecule has 0 saturated carbocycles. The lowest BCUT2D eigenvalue weighted by molar-refractivity contribution is -0.125. The monoisotopic (exact) mass is 218 g/mol. The van der Waals surface area contributed by atoms with Gasteiger partial charge in [0.15, 0.2) is 0 Å². The van der Waals surface area contributed by atoms with E-state index in [0.29, 0.717) is 6.54 Å². The molecule has 15 heavy (non-hydrogen) atoms. The number of amides is 1. The fourth-order valence-electron chi connectivity index (χ4n) is 1.26. The van der Waals surface area contributed by atoms with Crippen LogP contribution in [-0.4, -0.2) is 61.9 Å². The third-order valence-corrected chi connectivity index (χ3v) is 2.17. The summed E-state index contributed by atoms with van der Waals surface area (Å²) in [7, 11) is 1.46. The van der Waals surface area contributed by atoms with E-state index in [1.807, 2.05) is 13.8 Å². The van der Waals surface area contributed by atoms with Gasteiger partial charge in [-0.15, -0.1) is 0 Å². The highest BCUT2D eigenvalue weighted by Crippen LogP contribution is 1.91. The molecule has 0 aliphatic carbocycles. The predicted octanol–water partition coefficient (Wildman–Crippen LogP) is -0.548. The molecule has 1 atom stereocenters. The first-order valence-corrected chi connectivity index (χ1v) is 5.30. The summed E-state index contributed by atoms with van der Waals surface area (Å²) >= 11 is 0. The van der Waals surface area contributed by atoms with Crippen molar-refractivity contribution in [2.75, 3.05) is 39.9 Å². The molecule has 0 saturated heterocycles. The van der Waals surface area contributed by atoms with Crippen LogP contribution in [0.5, 0.6) is 0 Å². The molecule has 1 unspecified atom stereocenters. The molecule has 0 aromatic heterocycles. The summed E-state index contributed by atoms with van der Waals surface area (Å²) in [5.74, 6) is -0.198. The molecule has 2 N–H and O–H groups in total. The highest BCUT2D eigenvalue weighted by atomic mass is 16.5. The lowest BCUT2D eigenvalue weighted by Gasteiger charge is -2.21. The van der Waals surface area contributed by atoms with Gasteiger partial charge in [-0.25, -0.2) is 0 Å². The van der Waals surface area contributed by atoms with Crippen LogP contribution in [0.25, 0.3) is 0 Å². The topological polar surface area (TPSA) is 61.8 Å². The molecule has 0 aliphatic heterocycles. The van der Waals surface area contributed by atoms with Crippen LogP contribution in [-0.2, 0) is 9.53 Å². The van der Waals surface area contributed by atoms with E-state index in [0.717, 1.165) is 13.1 Å². The maximum atomic E-state index is 11.0. The maximum Gasteiger partial charge on any atom is 0.246 e. The molecule has 0 fully saturated rings. The van der Waals surface area contributed by atoms with E-state index >= 15 is 0 Å². The van der Waals surface area contributed by atoms with Crippen LogP contribution < -0.4 is 5.32 Å². The summed E-state index contributed by atoms with van der Waals surface area (Å²) < 4.78 is 4.66. The third-order valence-electron chi connectivity index (χ3n) is 2.17. The number of carbonyl (C=O) groups excluding carboxylic acids is 1. The van der Waals surface area contributed by atoms with Gasteiger partial charge in [0.2, 0.25) is 5.91 Å². The van der Waals surface area contributed by atoms with Crippen molar-refractivity contribution >= 4 is 5.91 Å². The van der Waals surface area contributed by atoms with E-state index in [2.05, 4.69) is 15.0 Å². The van der Waals surface area contributed by atoms with E-state index < -0.39 is 6.10 Å². The zero-order chi connectivity index (χ0) is 11.7. The molecule has 5 heteroatoms. The highest BCUT2D eigenvalue weighted by molar-refractivity contribution is 5.77. The fourth-order valence-corrected chi connectivity index (χ4v) is 1.26. The van der Waals surface area contributed by atoms with Crippen LogP contribution >= 0.6 is 0 Å². The van der Waals surface area contributed by atoms with E-state index in [4.69, 9.17) is 0 Å². The first kappa shape index (κ1) is 14.3. The lowest BCUT2D eigenvalue weighted by Crippen LogP contribution is -2.41. The number of aliphatic hydroxyl groups is 1. The molecular formula is C10H22N2O3. The largest absolute Gasteiger partial charge is 0.390 e. The van der Waals surface area contributed by atoms with Gasteiger partial charge >= 0.3 is 0 Å². The summed E-state index contributed by atoms with van der Waals surface area (Å²) in [5, 5.41) is 12.2. The Morgan fingerprint density at radius 2 is 2.07 bits per heavy atom. The van der Waals surface area contributed by atoms with Gasteiger partial charge in [-0.05, 0) is 13.1 Å². The summed E-state index contributed by atoms with van der Waals surface area (Å²) in [6, 6.07) is 0. The van der Waals surface area contributed by atoms with Crippen molar-refractivity contribution in [3.8, 4) is 0 Å². The standard InChI is InChI=1S/C10H22N2O3/c1-4-12(5-2)7-9(13)6-11-10(14)8-15-3/h9,13H,4-8H2,1-3H3,(H,11,14). The summed E-state index contributed by atoms with van der Waals surface area (Å²) in [4.78, 5) is 13.1. The maximum absolute atomic E-state index is 11.0. The number of carbonyl (C=O) groups is 1. The van der Waals surface area contributed by atoms with E-state index in [1.54, 1.807) is 0 Å². The van der Waals surface area contributed by atoms with Crippen LogP contribution in [0, 0.1) is 0 Å². The molecule has 0 aliphatic rings. The highest BCUT2D eigenvalue weighted by Gasteiger charge is 2.09. The molecule has 0 aromatic carbocycles. The zero-order valence-corrected chi connectivity index (χ0v) is 9.82. The fraction of sp³-hybridized carbons (Fsp3) is 0.900. The Labute approximate surface area is 91.4 Å². The van der Waals surface area contributed by atoms with Gasteiger partial charge in [0.05, 0.1) is 6.10 Å². The van der Waals surface area contributed by atoms with Gasteiger partial charge < -0.3 is 20.1 Å². The molecule has 5 nitrogen and oxygen atoms in total. The lowest BCUT2D eigenvalue weighted by atomic mass is 10.3. The van der Waals surface area contributed by atoms with Crippen molar-refractivity contribution in [2.45, 2.75) is 20.0 Å². The molecule has 0 spiro atoms. The zero-order valence-electron chi connectivity index (χ0n) is 9.82. The number of hydrogen-bond donors (Lipinski definition) is 2. The van der Waals surface area contributed by atoms with Gasteiger partial charge in [0.25, 0.3) is 0 Å².